The average Bonchev–Trinajstić information content (AvgIpc) is 2.80. The van der Waals surface area contributed by atoms with Crippen LogP contribution in [0.25, 0.3) is 6.08 Å². The molecule has 0 amide bonds. The van der Waals surface area contributed by atoms with Crippen molar-refractivity contribution < 1.29 is 0 Å². The Morgan fingerprint density at radius 2 is 1.94 bits per heavy atom. The Hall–Kier alpha value is -1.28. The van der Waals surface area contributed by atoms with Crippen molar-refractivity contribution in [3.8, 4) is 0 Å². The van der Waals surface area contributed by atoms with E-state index in [4.69, 9.17) is 5.73 Å². The van der Waals surface area contributed by atoms with E-state index in [1.165, 1.54) is 37.2 Å². The molecule has 0 saturated carbocycles. The van der Waals surface area contributed by atoms with Gasteiger partial charge in [-0.2, -0.15) is 0 Å². The fourth-order valence-electron chi connectivity index (χ4n) is 2.13. The number of nitrogens with two attached hydrogens (primary N) is 1. The number of nitrogens with zero attached hydrogens (tertiary/aromatic N) is 1. The molecule has 1 unspecified atom stereocenters. The van der Waals surface area contributed by atoms with Gasteiger partial charge in [0.2, 0.25) is 0 Å². The summed E-state index contributed by atoms with van der Waals surface area (Å²) in [6.45, 7) is 4.36. The van der Waals surface area contributed by atoms with Crippen LogP contribution in [0.4, 0.5) is 5.69 Å². The lowest BCUT2D eigenvalue weighted by atomic mass is 10.1. The Balaban J connectivity index is 2.22. The van der Waals surface area contributed by atoms with Gasteiger partial charge in [0.15, 0.2) is 0 Å². The Morgan fingerprint density at radius 3 is 2.62 bits per heavy atom. The van der Waals surface area contributed by atoms with Crippen molar-refractivity contribution in [3.63, 3.8) is 0 Å². The van der Waals surface area contributed by atoms with Crippen LogP contribution >= 0.6 is 0 Å². The predicted octanol–water partition coefficient (Wildman–Crippen LogP) is 2.65. The highest BCUT2D eigenvalue weighted by molar-refractivity contribution is 5.68. The standard InChI is InChI=1S/C14H20N2/c1-12(15)8-9-13-6-2-3-7-14(13)16-10-4-5-11-16/h2-3,6-9,12H,4-5,10-11,15H2,1H3/b9-8+. The second-order valence-corrected chi connectivity index (χ2v) is 4.47. The minimum Gasteiger partial charge on any atom is -0.371 e. The van der Waals surface area contributed by atoms with Crippen molar-refractivity contribution in [1.29, 1.82) is 0 Å². The first-order valence-corrected chi connectivity index (χ1v) is 6.05. The fraction of sp³-hybridized carbons (Fsp3) is 0.429. The van der Waals surface area contributed by atoms with Gasteiger partial charge in [-0.05, 0) is 31.4 Å². The molecule has 1 aromatic rings. The van der Waals surface area contributed by atoms with Gasteiger partial charge in [-0.25, -0.2) is 0 Å². The molecule has 1 atom stereocenters. The molecule has 2 N–H and O–H groups in total. The van der Waals surface area contributed by atoms with Crippen LogP contribution < -0.4 is 10.6 Å². The number of anilines is 1. The normalized spacial score (nSPS) is 18.2. The maximum atomic E-state index is 5.74. The molecule has 1 saturated heterocycles. The summed E-state index contributed by atoms with van der Waals surface area (Å²) < 4.78 is 0. The van der Waals surface area contributed by atoms with Crippen LogP contribution in [0.1, 0.15) is 25.3 Å². The molecular weight excluding hydrogens is 196 g/mol. The van der Waals surface area contributed by atoms with Gasteiger partial charge in [0.05, 0.1) is 0 Å². The molecule has 16 heavy (non-hydrogen) atoms. The van der Waals surface area contributed by atoms with E-state index in [2.05, 4.69) is 41.3 Å². The summed E-state index contributed by atoms with van der Waals surface area (Å²) in [5, 5.41) is 0. The van der Waals surface area contributed by atoms with Gasteiger partial charge in [0.25, 0.3) is 0 Å². The summed E-state index contributed by atoms with van der Waals surface area (Å²) in [5.74, 6) is 0. The third-order valence-corrected chi connectivity index (χ3v) is 2.96. The van der Waals surface area contributed by atoms with Crippen molar-refractivity contribution in [3.05, 3.63) is 35.9 Å². The van der Waals surface area contributed by atoms with E-state index in [-0.39, 0.29) is 6.04 Å². The van der Waals surface area contributed by atoms with Crippen LogP contribution in [-0.4, -0.2) is 19.1 Å². The molecule has 0 aliphatic carbocycles. The highest BCUT2D eigenvalue weighted by atomic mass is 15.1. The number of rotatable bonds is 3. The van der Waals surface area contributed by atoms with Gasteiger partial charge < -0.3 is 10.6 Å². The second-order valence-electron chi connectivity index (χ2n) is 4.47. The molecule has 0 bridgehead atoms. The van der Waals surface area contributed by atoms with Crippen LogP contribution in [0.5, 0.6) is 0 Å². The van der Waals surface area contributed by atoms with Gasteiger partial charge in [0, 0.05) is 24.8 Å². The summed E-state index contributed by atoms with van der Waals surface area (Å²) in [6, 6.07) is 8.67. The van der Waals surface area contributed by atoms with Gasteiger partial charge in [-0.1, -0.05) is 30.4 Å². The number of para-hydroxylation sites is 1. The summed E-state index contributed by atoms with van der Waals surface area (Å²) in [4.78, 5) is 2.46. The molecule has 2 heteroatoms. The van der Waals surface area contributed by atoms with E-state index in [0.29, 0.717) is 0 Å². The molecule has 0 aromatic heterocycles. The summed E-state index contributed by atoms with van der Waals surface area (Å²) in [5.41, 5.74) is 8.37. The Labute approximate surface area is 97.8 Å². The van der Waals surface area contributed by atoms with Crippen LogP contribution in [0.2, 0.25) is 0 Å². The van der Waals surface area contributed by atoms with Crippen molar-refractivity contribution in [2.24, 2.45) is 5.73 Å². The maximum Gasteiger partial charge on any atom is 0.0439 e. The van der Waals surface area contributed by atoms with Crippen molar-refractivity contribution >= 4 is 11.8 Å². The average molecular weight is 216 g/mol. The summed E-state index contributed by atoms with van der Waals surface area (Å²) in [7, 11) is 0. The van der Waals surface area contributed by atoms with E-state index in [0.717, 1.165) is 0 Å². The Bertz CT molecular complexity index is 363. The van der Waals surface area contributed by atoms with Crippen LogP contribution in [-0.2, 0) is 0 Å². The van der Waals surface area contributed by atoms with E-state index in [1.807, 2.05) is 6.92 Å². The molecule has 1 aliphatic heterocycles. The van der Waals surface area contributed by atoms with E-state index >= 15 is 0 Å². The SMILES string of the molecule is CC(N)/C=C/c1ccccc1N1CCCC1. The first-order valence-electron chi connectivity index (χ1n) is 6.05. The second kappa shape index (κ2) is 5.17. The minimum atomic E-state index is 0.117. The van der Waals surface area contributed by atoms with Crippen molar-refractivity contribution in [2.45, 2.75) is 25.8 Å². The highest BCUT2D eigenvalue weighted by Gasteiger charge is 2.13. The molecule has 0 spiro atoms. The zero-order chi connectivity index (χ0) is 11.4. The molecule has 1 fully saturated rings. The predicted molar refractivity (Wildman–Crippen MR) is 70.6 cm³/mol. The minimum absolute atomic E-state index is 0.117. The molecule has 1 heterocycles. The zero-order valence-electron chi connectivity index (χ0n) is 9.89. The van der Waals surface area contributed by atoms with E-state index in [9.17, 15) is 0 Å². The van der Waals surface area contributed by atoms with Gasteiger partial charge in [0.1, 0.15) is 0 Å². The maximum absolute atomic E-state index is 5.74. The van der Waals surface area contributed by atoms with Crippen LogP contribution in [0, 0.1) is 0 Å². The lowest BCUT2D eigenvalue weighted by Gasteiger charge is -2.20. The molecule has 0 radical (unpaired) electrons. The topological polar surface area (TPSA) is 29.3 Å². The third kappa shape index (κ3) is 2.64. The molecular formula is C14H20N2. The summed E-state index contributed by atoms with van der Waals surface area (Å²) in [6.07, 6.45) is 6.81. The molecule has 1 aromatic carbocycles. The Kier molecular flexibility index (Phi) is 3.62. The quantitative estimate of drug-likeness (QED) is 0.841. The first kappa shape index (κ1) is 11.2. The molecule has 2 rings (SSSR count). The highest BCUT2D eigenvalue weighted by Crippen LogP contribution is 2.25. The van der Waals surface area contributed by atoms with Gasteiger partial charge >= 0.3 is 0 Å². The van der Waals surface area contributed by atoms with Crippen LogP contribution in [0.15, 0.2) is 30.3 Å². The summed E-state index contributed by atoms with van der Waals surface area (Å²) >= 11 is 0. The monoisotopic (exact) mass is 216 g/mol. The number of hydrogen-bond donors (Lipinski definition) is 1. The lowest BCUT2D eigenvalue weighted by Crippen LogP contribution is -2.18. The van der Waals surface area contributed by atoms with Crippen molar-refractivity contribution in [1.82, 2.24) is 0 Å². The largest absolute Gasteiger partial charge is 0.371 e. The van der Waals surface area contributed by atoms with Gasteiger partial charge in [-0.15, -0.1) is 0 Å². The fourth-order valence-corrected chi connectivity index (χ4v) is 2.13. The lowest BCUT2D eigenvalue weighted by molar-refractivity contribution is 0.930. The van der Waals surface area contributed by atoms with E-state index < -0.39 is 0 Å². The van der Waals surface area contributed by atoms with Crippen molar-refractivity contribution in [2.75, 3.05) is 18.0 Å². The smallest absolute Gasteiger partial charge is 0.0439 e. The van der Waals surface area contributed by atoms with Crippen LogP contribution in [0.3, 0.4) is 0 Å². The first-order chi connectivity index (χ1) is 7.77. The zero-order valence-corrected chi connectivity index (χ0v) is 9.89. The van der Waals surface area contributed by atoms with Gasteiger partial charge in [-0.3, -0.25) is 0 Å². The van der Waals surface area contributed by atoms with E-state index in [1.54, 1.807) is 0 Å². The third-order valence-electron chi connectivity index (χ3n) is 2.96. The molecule has 1 aliphatic rings. The molecule has 2 nitrogen and oxygen atoms in total. The Morgan fingerprint density at radius 1 is 1.25 bits per heavy atom. The number of benzene rings is 1. The number of hydrogen-bond acceptors (Lipinski definition) is 2. The molecule has 86 valence electrons.